The maximum atomic E-state index is 10.2. The third-order valence-electron chi connectivity index (χ3n) is 4.98. The van der Waals surface area contributed by atoms with Crippen LogP contribution in [0.3, 0.4) is 0 Å². The van der Waals surface area contributed by atoms with Crippen LogP contribution >= 0.6 is 0 Å². The van der Waals surface area contributed by atoms with Gasteiger partial charge in [0.05, 0.1) is 45.5 Å². The van der Waals surface area contributed by atoms with Gasteiger partial charge >= 0.3 is 0 Å². The Balaban J connectivity index is 1.70. The van der Waals surface area contributed by atoms with Crippen LogP contribution in [-0.4, -0.2) is 51.2 Å². The lowest BCUT2D eigenvalue weighted by Crippen LogP contribution is -3.12. The Morgan fingerprint density at radius 1 is 1.19 bits per heavy atom. The predicted molar refractivity (Wildman–Crippen MR) is 111 cm³/mol. The minimum Gasteiger partial charge on any atom is -0.507 e. The van der Waals surface area contributed by atoms with Gasteiger partial charge in [-0.1, -0.05) is 6.92 Å². The van der Waals surface area contributed by atoms with Crippen molar-refractivity contribution in [1.29, 1.82) is 0 Å². The molecule has 2 N–H and O–H groups in total. The number of hydrogen-bond donors (Lipinski definition) is 2. The second-order valence-corrected chi connectivity index (χ2v) is 7.24. The number of anilines is 1. The molecule has 1 fully saturated rings. The number of likely N-dealkylation sites (N-methyl/N-ethyl adjacent to an activating group) is 1. The summed E-state index contributed by atoms with van der Waals surface area (Å²) in [5.41, 5.74) is 4.00. The van der Waals surface area contributed by atoms with E-state index in [-0.39, 0.29) is 5.75 Å². The molecule has 0 amide bonds. The smallest absolute Gasteiger partial charge is 0.128 e. The van der Waals surface area contributed by atoms with Crippen LogP contribution in [-0.2, 0) is 0 Å². The molecule has 5 heteroatoms. The van der Waals surface area contributed by atoms with Crippen LogP contribution in [0.2, 0.25) is 0 Å². The molecule has 0 aliphatic carbocycles. The number of aromatic hydroxyl groups is 1. The standard InChI is InChI=1S/C22H29N3O2/c1-4-13-27-20-7-5-18(22(26)15-20)16-23-21-8-6-19(14-17(21)2)25-11-9-24(3)10-12-25/h5-8,14-16,26H,4,9-13H2,1-3H3/p+1. The van der Waals surface area contributed by atoms with Gasteiger partial charge in [-0.3, -0.25) is 4.99 Å². The SMILES string of the molecule is CCCOc1ccc(C=Nc2ccc(N3CC[NH+](C)CC3)cc2C)c(O)c1. The van der Waals surface area contributed by atoms with E-state index in [2.05, 4.69) is 49.0 Å². The van der Waals surface area contributed by atoms with Gasteiger partial charge < -0.3 is 19.6 Å². The number of rotatable bonds is 6. The van der Waals surface area contributed by atoms with Crippen molar-refractivity contribution >= 4 is 17.6 Å². The first-order valence-electron chi connectivity index (χ1n) is 9.73. The average molecular weight is 369 g/mol. The summed E-state index contributed by atoms with van der Waals surface area (Å²) in [5.74, 6) is 0.864. The fourth-order valence-electron chi connectivity index (χ4n) is 3.21. The van der Waals surface area contributed by atoms with E-state index in [9.17, 15) is 5.11 Å². The third kappa shape index (κ3) is 5.01. The van der Waals surface area contributed by atoms with Gasteiger partial charge in [-0.15, -0.1) is 0 Å². The van der Waals surface area contributed by atoms with Crippen molar-refractivity contribution in [2.24, 2.45) is 4.99 Å². The van der Waals surface area contributed by atoms with Crippen molar-refractivity contribution in [1.82, 2.24) is 0 Å². The summed E-state index contributed by atoms with van der Waals surface area (Å²) < 4.78 is 5.54. The molecule has 2 aromatic rings. The van der Waals surface area contributed by atoms with Crippen LogP contribution in [0.5, 0.6) is 11.5 Å². The molecule has 1 aliphatic heterocycles. The lowest BCUT2D eigenvalue weighted by Gasteiger charge is -2.32. The molecule has 5 nitrogen and oxygen atoms in total. The van der Waals surface area contributed by atoms with Crippen molar-refractivity contribution in [3.63, 3.8) is 0 Å². The molecule has 1 heterocycles. The Bertz CT molecular complexity index is 796. The molecule has 2 aromatic carbocycles. The van der Waals surface area contributed by atoms with E-state index < -0.39 is 0 Å². The number of ether oxygens (including phenoxy) is 1. The predicted octanol–water partition coefficient (Wildman–Crippen LogP) is 2.57. The minimum atomic E-state index is 0.182. The number of phenols is 1. The molecule has 27 heavy (non-hydrogen) atoms. The van der Waals surface area contributed by atoms with Gasteiger partial charge in [0.1, 0.15) is 11.5 Å². The number of quaternary nitrogens is 1. The fourth-order valence-corrected chi connectivity index (χ4v) is 3.21. The van der Waals surface area contributed by atoms with Crippen LogP contribution in [0.15, 0.2) is 41.4 Å². The summed E-state index contributed by atoms with van der Waals surface area (Å²) in [6.45, 7) is 9.32. The van der Waals surface area contributed by atoms with Crippen molar-refractivity contribution in [2.75, 3.05) is 44.7 Å². The number of benzene rings is 2. The summed E-state index contributed by atoms with van der Waals surface area (Å²) in [4.78, 5) is 8.61. The van der Waals surface area contributed by atoms with Gasteiger partial charge in [-0.05, 0) is 49.2 Å². The Hall–Kier alpha value is -2.53. The average Bonchev–Trinajstić information content (AvgIpc) is 2.67. The zero-order valence-electron chi connectivity index (χ0n) is 16.5. The summed E-state index contributed by atoms with van der Waals surface area (Å²) >= 11 is 0. The maximum Gasteiger partial charge on any atom is 0.128 e. The largest absolute Gasteiger partial charge is 0.507 e. The number of phenolic OH excluding ortho intramolecular Hbond substituents is 1. The van der Waals surface area contributed by atoms with Gasteiger partial charge in [-0.25, -0.2) is 0 Å². The van der Waals surface area contributed by atoms with Gasteiger partial charge in [0.2, 0.25) is 0 Å². The normalized spacial score (nSPS) is 15.4. The van der Waals surface area contributed by atoms with Gasteiger partial charge in [-0.2, -0.15) is 0 Å². The molecule has 0 spiro atoms. The van der Waals surface area contributed by atoms with Crippen LogP contribution < -0.4 is 14.5 Å². The van der Waals surface area contributed by atoms with E-state index in [1.807, 2.05) is 12.1 Å². The third-order valence-corrected chi connectivity index (χ3v) is 4.98. The fraction of sp³-hybridized carbons (Fsp3) is 0.409. The lowest BCUT2D eigenvalue weighted by atomic mass is 10.1. The topological polar surface area (TPSA) is 49.5 Å². The van der Waals surface area contributed by atoms with Crippen molar-refractivity contribution in [3.8, 4) is 11.5 Å². The van der Waals surface area contributed by atoms with Crippen molar-refractivity contribution in [2.45, 2.75) is 20.3 Å². The summed E-state index contributed by atoms with van der Waals surface area (Å²) in [6, 6.07) is 11.7. The lowest BCUT2D eigenvalue weighted by molar-refractivity contribution is -0.880. The van der Waals surface area contributed by atoms with E-state index in [1.165, 1.54) is 18.8 Å². The molecule has 144 valence electrons. The number of nitrogens with one attached hydrogen (secondary N) is 1. The molecule has 1 aliphatic rings. The molecule has 0 atom stereocenters. The van der Waals surface area contributed by atoms with E-state index in [1.54, 1.807) is 17.2 Å². The molecule has 0 radical (unpaired) electrons. The molecule has 0 saturated carbocycles. The highest BCUT2D eigenvalue weighted by atomic mass is 16.5. The van der Waals surface area contributed by atoms with E-state index in [0.717, 1.165) is 30.8 Å². The zero-order valence-corrected chi connectivity index (χ0v) is 16.5. The highest BCUT2D eigenvalue weighted by Crippen LogP contribution is 2.27. The van der Waals surface area contributed by atoms with E-state index >= 15 is 0 Å². The molecule has 0 bridgehead atoms. The zero-order chi connectivity index (χ0) is 19.2. The molecule has 0 unspecified atom stereocenters. The number of nitrogens with zero attached hydrogens (tertiary/aromatic N) is 2. The summed E-state index contributed by atoms with van der Waals surface area (Å²) in [5, 5.41) is 10.2. The highest BCUT2D eigenvalue weighted by molar-refractivity contribution is 5.86. The Morgan fingerprint density at radius 2 is 1.96 bits per heavy atom. The van der Waals surface area contributed by atoms with Gasteiger partial charge in [0, 0.05) is 23.5 Å². The Kier molecular flexibility index (Phi) is 6.35. The first kappa shape index (κ1) is 19.2. The Labute approximate surface area is 161 Å². The molecule has 3 rings (SSSR count). The maximum absolute atomic E-state index is 10.2. The number of aryl methyl sites for hydroxylation is 1. The minimum absolute atomic E-state index is 0.182. The molecular formula is C22H30N3O2+. The van der Waals surface area contributed by atoms with Crippen molar-refractivity contribution < 1.29 is 14.7 Å². The van der Waals surface area contributed by atoms with Crippen LogP contribution in [0.4, 0.5) is 11.4 Å². The van der Waals surface area contributed by atoms with Crippen LogP contribution in [0, 0.1) is 6.92 Å². The monoisotopic (exact) mass is 368 g/mol. The number of hydrogen-bond acceptors (Lipinski definition) is 4. The van der Waals surface area contributed by atoms with E-state index in [4.69, 9.17) is 4.74 Å². The summed E-state index contributed by atoms with van der Waals surface area (Å²) in [6.07, 6.45) is 2.65. The van der Waals surface area contributed by atoms with Gasteiger partial charge in [0.15, 0.2) is 0 Å². The summed E-state index contributed by atoms with van der Waals surface area (Å²) in [7, 11) is 2.25. The molecule has 0 aromatic heterocycles. The Morgan fingerprint density at radius 3 is 2.63 bits per heavy atom. The second kappa shape index (κ2) is 8.91. The number of aliphatic imine (C=N–C) groups is 1. The quantitative estimate of drug-likeness (QED) is 0.771. The van der Waals surface area contributed by atoms with Crippen LogP contribution in [0.1, 0.15) is 24.5 Å². The van der Waals surface area contributed by atoms with Crippen molar-refractivity contribution in [3.05, 3.63) is 47.5 Å². The first-order chi connectivity index (χ1) is 13.1. The second-order valence-electron chi connectivity index (χ2n) is 7.24. The van der Waals surface area contributed by atoms with E-state index in [0.29, 0.717) is 17.9 Å². The molecular weight excluding hydrogens is 338 g/mol. The van der Waals surface area contributed by atoms with Gasteiger partial charge in [0.25, 0.3) is 0 Å². The molecule has 1 saturated heterocycles. The first-order valence-corrected chi connectivity index (χ1v) is 9.73. The van der Waals surface area contributed by atoms with Crippen LogP contribution in [0.25, 0.3) is 0 Å². The number of piperazine rings is 1. The highest BCUT2D eigenvalue weighted by Gasteiger charge is 2.17.